The summed E-state index contributed by atoms with van der Waals surface area (Å²) < 4.78 is 0. The molecule has 1 aromatic carbocycles. The predicted molar refractivity (Wildman–Crippen MR) is 112 cm³/mol. The van der Waals surface area contributed by atoms with E-state index in [9.17, 15) is 4.79 Å². The van der Waals surface area contributed by atoms with Crippen LogP contribution < -0.4 is 0 Å². The minimum atomic E-state index is 0.00675. The van der Waals surface area contributed by atoms with Gasteiger partial charge in [0, 0.05) is 42.4 Å². The van der Waals surface area contributed by atoms with Crippen molar-refractivity contribution in [3.63, 3.8) is 0 Å². The number of hydrogen-bond donors (Lipinski definition) is 0. The summed E-state index contributed by atoms with van der Waals surface area (Å²) in [7, 11) is 0. The van der Waals surface area contributed by atoms with E-state index in [1.165, 1.54) is 0 Å². The molecule has 5 heteroatoms. The van der Waals surface area contributed by atoms with Crippen LogP contribution in [-0.4, -0.2) is 5.78 Å². The first-order valence-electron chi connectivity index (χ1n) is 8.53. The van der Waals surface area contributed by atoms with Crippen LogP contribution in [0.2, 0.25) is 10.0 Å². The van der Waals surface area contributed by atoms with Crippen molar-refractivity contribution < 1.29 is 4.79 Å². The Morgan fingerprint density at radius 1 is 1.00 bits per heavy atom. The summed E-state index contributed by atoms with van der Waals surface area (Å²) in [4.78, 5) is 13.0. The molecule has 136 valence electrons. The zero-order valence-electron chi connectivity index (χ0n) is 14.3. The van der Waals surface area contributed by atoms with Gasteiger partial charge in [0.15, 0.2) is 5.78 Å². The van der Waals surface area contributed by atoms with Gasteiger partial charge >= 0.3 is 0 Å². The van der Waals surface area contributed by atoms with Gasteiger partial charge in [-0.3, -0.25) is 4.79 Å². The lowest BCUT2D eigenvalue weighted by Gasteiger charge is -2.20. The molecule has 0 spiro atoms. The van der Waals surface area contributed by atoms with Crippen LogP contribution in [0, 0.1) is 5.92 Å². The fourth-order valence-electron chi connectivity index (χ4n) is 3.24. The standard InChI is InChI=1S/C21H18Cl4O/c1-12-8-19(24)16(20(25)9-12)11-14-5-2-4-13(21(14)26)10-15-17(22)6-3-7-18(15)23/h3,6-8,10-12H,2,4-5,9H2,1H3/b13-10+,14-11+. The summed E-state index contributed by atoms with van der Waals surface area (Å²) in [6, 6.07) is 5.32. The Kier molecular flexibility index (Phi) is 6.35. The fraction of sp³-hybridized carbons (Fsp3) is 0.286. The molecule has 0 N–H and O–H groups in total. The number of carbonyl (C=O) groups is 1. The molecule has 0 saturated heterocycles. The van der Waals surface area contributed by atoms with Crippen LogP contribution in [0.4, 0.5) is 0 Å². The second-order valence-electron chi connectivity index (χ2n) is 6.67. The Hall–Kier alpha value is -0.990. The van der Waals surface area contributed by atoms with Crippen molar-refractivity contribution in [2.45, 2.75) is 32.6 Å². The van der Waals surface area contributed by atoms with Gasteiger partial charge in [0.25, 0.3) is 0 Å². The smallest absolute Gasteiger partial charge is 0.185 e. The summed E-state index contributed by atoms with van der Waals surface area (Å²) in [5.41, 5.74) is 2.87. The van der Waals surface area contributed by atoms with E-state index < -0.39 is 0 Å². The molecule has 0 bridgehead atoms. The van der Waals surface area contributed by atoms with Gasteiger partial charge in [-0.05, 0) is 55.9 Å². The van der Waals surface area contributed by atoms with Gasteiger partial charge in [0.2, 0.25) is 0 Å². The van der Waals surface area contributed by atoms with Crippen molar-refractivity contribution in [2.75, 3.05) is 0 Å². The summed E-state index contributed by atoms with van der Waals surface area (Å²) in [5.74, 6) is 0.310. The molecule has 1 saturated carbocycles. The van der Waals surface area contributed by atoms with Crippen LogP contribution in [0.5, 0.6) is 0 Å². The molecule has 1 unspecified atom stereocenters. The maximum atomic E-state index is 13.0. The van der Waals surface area contributed by atoms with Gasteiger partial charge in [0.1, 0.15) is 0 Å². The number of rotatable bonds is 2. The van der Waals surface area contributed by atoms with E-state index in [1.54, 1.807) is 24.3 Å². The molecular formula is C21H18Cl4O. The quantitative estimate of drug-likeness (QED) is 0.441. The number of ketones is 1. The number of halogens is 4. The van der Waals surface area contributed by atoms with E-state index >= 15 is 0 Å². The van der Waals surface area contributed by atoms with Gasteiger partial charge in [-0.25, -0.2) is 0 Å². The van der Waals surface area contributed by atoms with Crippen molar-refractivity contribution in [1.29, 1.82) is 0 Å². The zero-order valence-corrected chi connectivity index (χ0v) is 17.3. The Morgan fingerprint density at radius 2 is 1.62 bits per heavy atom. The number of Topliss-reactive ketones (excluding diaryl/α,β-unsaturated/α-hetero) is 1. The highest BCUT2D eigenvalue weighted by molar-refractivity contribution is 6.38. The number of hydrogen-bond acceptors (Lipinski definition) is 1. The fourth-order valence-corrected chi connectivity index (χ4v) is 4.58. The van der Waals surface area contributed by atoms with Crippen molar-refractivity contribution in [1.82, 2.24) is 0 Å². The highest BCUT2D eigenvalue weighted by atomic mass is 35.5. The number of benzene rings is 1. The third kappa shape index (κ3) is 4.28. The van der Waals surface area contributed by atoms with Crippen LogP contribution in [0.1, 0.15) is 38.2 Å². The van der Waals surface area contributed by atoms with Crippen molar-refractivity contribution in [2.24, 2.45) is 5.92 Å². The van der Waals surface area contributed by atoms with E-state index in [0.29, 0.717) is 50.0 Å². The number of allylic oxidation sites excluding steroid dienone is 7. The molecule has 1 aromatic rings. The lowest BCUT2D eigenvalue weighted by atomic mass is 9.86. The van der Waals surface area contributed by atoms with Crippen molar-refractivity contribution in [3.05, 3.63) is 72.7 Å². The molecule has 1 nitrogen and oxygen atoms in total. The van der Waals surface area contributed by atoms with Gasteiger partial charge in [0.05, 0.1) is 0 Å². The van der Waals surface area contributed by atoms with Gasteiger partial charge in [-0.1, -0.05) is 65.5 Å². The van der Waals surface area contributed by atoms with Gasteiger partial charge in [-0.2, -0.15) is 0 Å². The van der Waals surface area contributed by atoms with E-state index in [4.69, 9.17) is 46.4 Å². The molecule has 0 radical (unpaired) electrons. The molecule has 0 heterocycles. The lowest BCUT2D eigenvalue weighted by molar-refractivity contribution is -0.112. The summed E-state index contributed by atoms with van der Waals surface area (Å²) in [6.45, 7) is 2.06. The number of carbonyl (C=O) groups excluding carboxylic acids is 1. The predicted octanol–water partition coefficient (Wildman–Crippen LogP) is 7.71. The van der Waals surface area contributed by atoms with Crippen LogP contribution >= 0.6 is 46.4 Å². The van der Waals surface area contributed by atoms with Crippen molar-refractivity contribution >= 4 is 58.3 Å². The molecule has 1 atom stereocenters. The lowest BCUT2D eigenvalue weighted by Crippen LogP contribution is -2.13. The molecule has 0 aromatic heterocycles. The van der Waals surface area contributed by atoms with E-state index in [1.807, 2.05) is 12.2 Å². The highest BCUT2D eigenvalue weighted by Gasteiger charge is 2.24. The molecular weight excluding hydrogens is 410 g/mol. The van der Waals surface area contributed by atoms with Crippen LogP contribution in [0.15, 0.2) is 57.1 Å². The third-order valence-corrected chi connectivity index (χ3v) is 5.94. The maximum Gasteiger partial charge on any atom is 0.185 e. The Labute approximate surface area is 174 Å². The van der Waals surface area contributed by atoms with Crippen LogP contribution in [-0.2, 0) is 4.79 Å². The second-order valence-corrected chi connectivity index (χ2v) is 8.35. The molecule has 26 heavy (non-hydrogen) atoms. The summed E-state index contributed by atoms with van der Waals surface area (Å²) in [5, 5.41) is 2.38. The molecule has 1 fully saturated rings. The van der Waals surface area contributed by atoms with E-state index in [2.05, 4.69) is 6.92 Å². The topological polar surface area (TPSA) is 17.1 Å². The summed E-state index contributed by atoms with van der Waals surface area (Å²) in [6.07, 6.45) is 8.66. The average molecular weight is 428 g/mol. The normalized spacial score (nSPS) is 24.4. The minimum absolute atomic E-state index is 0.00675. The molecule has 0 aliphatic heterocycles. The maximum absolute atomic E-state index is 13.0. The monoisotopic (exact) mass is 426 g/mol. The summed E-state index contributed by atoms with van der Waals surface area (Å²) >= 11 is 25.2. The van der Waals surface area contributed by atoms with Crippen LogP contribution in [0.25, 0.3) is 6.08 Å². The Balaban J connectivity index is 1.95. The molecule has 3 rings (SSSR count). The first kappa shape index (κ1) is 19.8. The Morgan fingerprint density at radius 3 is 2.23 bits per heavy atom. The molecule has 2 aliphatic carbocycles. The molecule has 2 aliphatic rings. The first-order valence-corrected chi connectivity index (χ1v) is 10.0. The van der Waals surface area contributed by atoms with Gasteiger partial charge < -0.3 is 0 Å². The minimum Gasteiger partial charge on any atom is -0.289 e. The van der Waals surface area contributed by atoms with Crippen LogP contribution in [0.3, 0.4) is 0 Å². The zero-order chi connectivity index (χ0) is 18.8. The second kappa shape index (κ2) is 8.35. The van der Waals surface area contributed by atoms with Gasteiger partial charge in [-0.15, -0.1) is 0 Å². The van der Waals surface area contributed by atoms with E-state index in [0.717, 1.165) is 24.0 Å². The SMILES string of the molecule is CC1C=C(Cl)C(/C=C2\CCC/C(=C\c3c(Cl)cccc3Cl)C2=O)=C(Cl)C1. The highest BCUT2D eigenvalue weighted by Crippen LogP contribution is 2.37. The molecule has 0 amide bonds. The first-order chi connectivity index (χ1) is 12.4. The Bertz CT molecular complexity index is 854. The average Bonchev–Trinajstić information content (AvgIpc) is 2.57. The van der Waals surface area contributed by atoms with Crippen molar-refractivity contribution in [3.8, 4) is 0 Å². The van der Waals surface area contributed by atoms with E-state index in [-0.39, 0.29) is 5.78 Å². The third-order valence-electron chi connectivity index (χ3n) is 4.59. The largest absolute Gasteiger partial charge is 0.289 e.